The summed E-state index contributed by atoms with van der Waals surface area (Å²) >= 11 is 6.01. The third kappa shape index (κ3) is 2.45. The Morgan fingerprint density at radius 2 is 2.24 bits per heavy atom. The normalized spacial score (nSPS) is 13.2. The summed E-state index contributed by atoms with van der Waals surface area (Å²) in [6.45, 7) is 2.93. The zero-order chi connectivity index (χ0) is 12.4. The highest BCUT2D eigenvalue weighted by Gasteiger charge is 2.14. The average Bonchev–Trinajstić information content (AvgIpc) is 2.64. The van der Waals surface area contributed by atoms with Gasteiger partial charge in [-0.2, -0.15) is 0 Å². The molecule has 0 aliphatic carbocycles. The molecule has 0 spiro atoms. The molecule has 2 N–H and O–H groups in total. The van der Waals surface area contributed by atoms with Crippen LogP contribution >= 0.6 is 11.6 Å². The third-order valence-electron chi connectivity index (χ3n) is 3.16. The van der Waals surface area contributed by atoms with Gasteiger partial charge in [0.05, 0.1) is 11.0 Å². The van der Waals surface area contributed by atoms with E-state index in [4.69, 9.17) is 17.3 Å². The van der Waals surface area contributed by atoms with Crippen molar-refractivity contribution in [2.75, 3.05) is 6.54 Å². The highest BCUT2D eigenvalue weighted by atomic mass is 35.5. The van der Waals surface area contributed by atoms with Crippen LogP contribution in [0.4, 0.5) is 0 Å². The van der Waals surface area contributed by atoms with Crippen molar-refractivity contribution >= 4 is 22.6 Å². The van der Waals surface area contributed by atoms with Crippen LogP contribution in [0.15, 0.2) is 18.2 Å². The third-order valence-corrected chi connectivity index (χ3v) is 3.39. The predicted octanol–water partition coefficient (Wildman–Crippen LogP) is 3.07. The second kappa shape index (κ2) is 5.07. The van der Waals surface area contributed by atoms with Crippen LogP contribution in [0.25, 0.3) is 11.0 Å². The van der Waals surface area contributed by atoms with Crippen LogP contribution in [0, 0.1) is 0 Å². The molecule has 0 amide bonds. The average molecular weight is 252 g/mol. The molecule has 1 aromatic carbocycles. The fourth-order valence-corrected chi connectivity index (χ4v) is 2.34. The number of halogens is 1. The van der Waals surface area contributed by atoms with E-state index in [-0.39, 0.29) is 0 Å². The number of benzene rings is 1. The molecule has 0 fully saturated rings. The Hall–Kier alpha value is -1.06. The standard InChI is InChI=1S/C13H18ClN3/c1-9(4-3-7-15)13-16-11-6-5-10(14)8-12(11)17(13)2/h5-6,8-9H,3-4,7,15H2,1-2H3. The molecule has 0 saturated heterocycles. The van der Waals surface area contributed by atoms with Crippen molar-refractivity contribution in [3.8, 4) is 0 Å². The summed E-state index contributed by atoms with van der Waals surface area (Å²) in [6.07, 6.45) is 2.10. The van der Waals surface area contributed by atoms with E-state index in [9.17, 15) is 0 Å². The molecule has 2 rings (SSSR count). The SMILES string of the molecule is CC(CCCN)c1nc2ccc(Cl)cc2n1C. The highest BCUT2D eigenvalue weighted by Crippen LogP contribution is 2.25. The first-order valence-electron chi connectivity index (χ1n) is 5.95. The van der Waals surface area contributed by atoms with Crippen molar-refractivity contribution < 1.29 is 0 Å². The maximum atomic E-state index is 6.01. The van der Waals surface area contributed by atoms with Gasteiger partial charge < -0.3 is 10.3 Å². The van der Waals surface area contributed by atoms with E-state index in [2.05, 4.69) is 16.5 Å². The fourth-order valence-electron chi connectivity index (χ4n) is 2.18. The minimum atomic E-state index is 0.426. The van der Waals surface area contributed by atoms with E-state index in [0.717, 1.165) is 41.3 Å². The molecule has 0 aliphatic heterocycles. The smallest absolute Gasteiger partial charge is 0.112 e. The number of aromatic nitrogens is 2. The van der Waals surface area contributed by atoms with Gasteiger partial charge in [-0.25, -0.2) is 4.98 Å². The molecule has 1 unspecified atom stereocenters. The first-order chi connectivity index (χ1) is 8.13. The zero-order valence-corrected chi connectivity index (χ0v) is 11.0. The zero-order valence-electron chi connectivity index (χ0n) is 10.3. The lowest BCUT2D eigenvalue weighted by Crippen LogP contribution is -2.06. The highest BCUT2D eigenvalue weighted by molar-refractivity contribution is 6.31. The van der Waals surface area contributed by atoms with Gasteiger partial charge in [-0.1, -0.05) is 18.5 Å². The molecule has 0 radical (unpaired) electrons. The quantitative estimate of drug-likeness (QED) is 0.908. The van der Waals surface area contributed by atoms with Gasteiger partial charge in [-0.15, -0.1) is 0 Å². The van der Waals surface area contributed by atoms with Crippen LogP contribution in [0.1, 0.15) is 31.5 Å². The fraction of sp³-hybridized carbons (Fsp3) is 0.462. The van der Waals surface area contributed by atoms with Crippen molar-refractivity contribution in [1.29, 1.82) is 0 Å². The number of aryl methyl sites for hydroxylation is 1. The monoisotopic (exact) mass is 251 g/mol. The predicted molar refractivity (Wildman–Crippen MR) is 72.4 cm³/mol. The summed E-state index contributed by atoms with van der Waals surface area (Å²) in [7, 11) is 2.04. The summed E-state index contributed by atoms with van der Waals surface area (Å²) in [6, 6.07) is 5.81. The number of nitrogens with two attached hydrogens (primary N) is 1. The Morgan fingerprint density at radius 3 is 2.94 bits per heavy atom. The van der Waals surface area contributed by atoms with E-state index in [1.54, 1.807) is 0 Å². The maximum Gasteiger partial charge on any atom is 0.112 e. The number of hydrogen-bond acceptors (Lipinski definition) is 2. The van der Waals surface area contributed by atoms with Crippen molar-refractivity contribution in [2.45, 2.75) is 25.7 Å². The Bertz CT molecular complexity index is 519. The van der Waals surface area contributed by atoms with Gasteiger partial charge in [0, 0.05) is 18.0 Å². The first kappa shape index (κ1) is 12.4. The summed E-state index contributed by atoms with van der Waals surface area (Å²) < 4.78 is 2.13. The van der Waals surface area contributed by atoms with Gasteiger partial charge in [0.15, 0.2) is 0 Å². The number of rotatable bonds is 4. The number of hydrogen-bond donors (Lipinski definition) is 1. The topological polar surface area (TPSA) is 43.8 Å². The van der Waals surface area contributed by atoms with Crippen molar-refractivity contribution in [3.05, 3.63) is 29.0 Å². The molecule has 1 heterocycles. The Balaban J connectivity index is 2.38. The van der Waals surface area contributed by atoms with E-state index < -0.39 is 0 Å². The molecule has 2 aromatic rings. The molecule has 1 aromatic heterocycles. The lowest BCUT2D eigenvalue weighted by molar-refractivity contribution is 0.592. The minimum Gasteiger partial charge on any atom is -0.331 e. The van der Waals surface area contributed by atoms with Gasteiger partial charge in [-0.3, -0.25) is 0 Å². The van der Waals surface area contributed by atoms with Crippen LogP contribution in [-0.4, -0.2) is 16.1 Å². The second-order valence-electron chi connectivity index (χ2n) is 4.49. The van der Waals surface area contributed by atoms with Crippen LogP contribution in [0.3, 0.4) is 0 Å². The van der Waals surface area contributed by atoms with Crippen molar-refractivity contribution in [1.82, 2.24) is 9.55 Å². The number of fused-ring (bicyclic) bond motifs is 1. The molecular formula is C13H18ClN3. The second-order valence-corrected chi connectivity index (χ2v) is 4.93. The molecular weight excluding hydrogens is 234 g/mol. The molecule has 0 saturated carbocycles. The molecule has 1 atom stereocenters. The van der Waals surface area contributed by atoms with E-state index in [1.165, 1.54) is 0 Å². The Morgan fingerprint density at radius 1 is 1.47 bits per heavy atom. The van der Waals surface area contributed by atoms with E-state index >= 15 is 0 Å². The summed E-state index contributed by atoms with van der Waals surface area (Å²) in [5.74, 6) is 1.53. The van der Waals surface area contributed by atoms with Crippen LogP contribution in [0.5, 0.6) is 0 Å². The van der Waals surface area contributed by atoms with E-state index in [1.807, 2.05) is 25.2 Å². The lowest BCUT2D eigenvalue weighted by atomic mass is 10.1. The number of imidazole rings is 1. The largest absolute Gasteiger partial charge is 0.331 e. The lowest BCUT2D eigenvalue weighted by Gasteiger charge is -2.10. The summed E-state index contributed by atoms with van der Waals surface area (Å²) in [5, 5.41) is 0.752. The van der Waals surface area contributed by atoms with Gasteiger partial charge in [0.1, 0.15) is 5.82 Å². The van der Waals surface area contributed by atoms with Crippen molar-refractivity contribution in [2.24, 2.45) is 12.8 Å². The van der Waals surface area contributed by atoms with Gasteiger partial charge >= 0.3 is 0 Å². The molecule has 0 bridgehead atoms. The molecule has 92 valence electrons. The minimum absolute atomic E-state index is 0.426. The van der Waals surface area contributed by atoms with Crippen LogP contribution in [0.2, 0.25) is 5.02 Å². The molecule has 17 heavy (non-hydrogen) atoms. The summed E-state index contributed by atoms with van der Waals surface area (Å²) in [5.41, 5.74) is 7.64. The van der Waals surface area contributed by atoms with Crippen LogP contribution < -0.4 is 5.73 Å². The summed E-state index contributed by atoms with van der Waals surface area (Å²) in [4.78, 5) is 4.67. The Labute approximate surface area is 107 Å². The Kier molecular flexibility index (Phi) is 3.69. The van der Waals surface area contributed by atoms with Crippen LogP contribution in [-0.2, 0) is 7.05 Å². The maximum absolute atomic E-state index is 6.01. The number of nitrogens with zero attached hydrogens (tertiary/aromatic N) is 2. The molecule has 4 heteroatoms. The first-order valence-corrected chi connectivity index (χ1v) is 6.33. The molecule has 3 nitrogen and oxygen atoms in total. The van der Waals surface area contributed by atoms with E-state index in [0.29, 0.717) is 5.92 Å². The van der Waals surface area contributed by atoms with Crippen molar-refractivity contribution in [3.63, 3.8) is 0 Å². The molecule has 0 aliphatic rings. The van der Waals surface area contributed by atoms with Gasteiger partial charge in [-0.05, 0) is 37.6 Å². The van der Waals surface area contributed by atoms with Gasteiger partial charge in [0.2, 0.25) is 0 Å². The van der Waals surface area contributed by atoms with Gasteiger partial charge in [0.25, 0.3) is 0 Å².